The van der Waals surface area contributed by atoms with Crippen molar-refractivity contribution in [1.29, 1.82) is 0 Å². The Kier molecular flexibility index (Phi) is 4.76. The summed E-state index contributed by atoms with van der Waals surface area (Å²) < 4.78 is 4.69. The van der Waals surface area contributed by atoms with Crippen LogP contribution in [-0.4, -0.2) is 22.5 Å². The Morgan fingerprint density at radius 3 is 2.69 bits per heavy atom. The summed E-state index contributed by atoms with van der Waals surface area (Å²) in [7, 11) is 0. The molecular weight excluding hydrogens is 194 g/mol. The number of rotatable bonds is 2. The highest BCUT2D eigenvalue weighted by atomic mass is 35.5. The van der Waals surface area contributed by atoms with Crippen molar-refractivity contribution in [2.24, 2.45) is 0 Å². The number of esters is 1. The Morgan fingerprint density at radius 1 is 1.54 bits per heavy atom. The monoisotopic (exact) mass is 203 g/mol. The maximum absolute atomic E-state index is 11.0. The van der Waals surface area contributed by atoms with E-state index < -0.39 is 5.97 Å². The number of anilines is 1. The van der Waals surface area contributed by atoms with E-state index in [4.69, 9.17) is 5.73 Å². The molecule has 0 aliphatic rings. The first-order chi connectivity index (χ1) is 5.74. The SMILES string of the molecule is CCOC(=O)c1cnc(N)cn1.Cl. The summed E-state index contributed by atoms with van der Waals surface area (Å²) in [4.78, 5) is 18.4. The second kappa shape index (κ2) is 5.31. The van der Waals surface area contributed by atoms with Gasteiger partial charge in [0, 0.05) is 0 Å². The lowest BCUT2D eigenvalue weighted by molar-refractivity contribution is 0.0519. The lowest BCUT2D eigenvalue weighted by Crippen LogP contribution is -2.07. The van der Waals surface area contributed by atoms with Crippen LogP contribution in [0.3, 0.4) is 0 Å². The van der Waals surface area contributed by atoms with Gasteiger partial charge in [0.1, 0.15) is 5.82 Å². The number of carbonyl (C=O) groups is 1. The van der Waals surface area contributed by atoms with Crippen molar-refractivity contribution in [1.82, 2.24) is 9.97 Å². The molecule has 13 heavy (non-hydrogen) atoms. The lowest BCUT2D eigenvalue weighted by Gasteiger charge is -1.99. The van der Waals surface area contributed by atoms with Crippen molar-refractivity contribution in [3.05, 3.63) is 18.1 Å². The minimum Gasteiger partial charge on any atom is -0.461 e. The Bertz CT molecular complexity index is 276. The smallest absolute Gasteiger partial charge is 0.358 e. The summed E-state index contributed by atoms with van der Waals surface area (Å²) in [5.74, 6) is -0.201. The van der Waals surface area contributed by atoms with Crippen molar-refractivity contribution in [3.8, 4) is 0 Å². The zero-order chi connectivity index (χ0) is 8.97. The fourth-order valence-electron chi connectivity index (χ4n) is 0.648. The van der Waals surface area contributed by atoms with Gasteiger partial charge in [0.25, 0.3) is 0 Å². The summed E-state index contributed by atoms with van der Waals surface area (Å²) in [6.07, 6.45) is 2.60. The minimum absolute atomic E-state index is 0. The van der Waals surface area contributed by atoms with Crippen molar-refractivity contribution < 1.29 is 9.53 Å². The van der Waals surface area contributed by atoms with Gasteiger partial charge >= 0.3 is 5.97 Å². The molecule has 1 rings (SSSR count). The highest BCUT2D eigenvalue weighted by Gasteiger charge is 2.06. The molecule has 0 fully saturated rings. The molecular formula is C7H10ClN3O2. The largest absolute Gasteiger partial charge is 0.461 e. The van der Waals surface area contributed by atoms with E-state index in [1.165, 1.54) is 12.4 Å². The average molecular weight is 204 g/mol. The third-order valence-corrected chi connectivity index (χ3v) is 1.16. The van der Waals surface area contributed by atoms with Gasteiger partial charge in [0.05, 0.1) is 19.0 Å². The van der Waals surface area contributed by atoms with Crippen molar-refractivity contribution in [2.75, 3.05) is 12.3 Å². The predicted molar refractivity (Wildman–Crippen MR) is 49.6 cm³/mol. The molecule has 0 bridgehead atoms. The van der Waals surface area contributed by atoms with E-state index in [-0.39, 0.29) is 23.9 Å². The van der Waals surface area contributed by atoms with Crippen LogP contribution >= 0.6 is 12.4 Å². The first-order valence-electron chi connectivity index (χ1n) is 3.48. The van der Waals surface area contributed by atoms with Gasteiger partial charge in [-0.05, 0) is 6.92 Å². The van der Waals surface area contributed by atoms with Gasteiger partial charge in [-0.15, -0.1) is 12.4 Å². The summed E-state index contributed by atoms with van der Waals surface area (Å²) in [5.41, 5.74) is 5.45. The zero-order valence-corrected chi connectivity index (χ0v) is 7.87. The highest BCUT2D eigenvalue weighted by molar-refractivity contribution is 5.86. The van der Waals surface area contributed by atoms with Crippen LogP contribution in [-0.2, 0) is 4.74 Å². The van der Waals surface area contributed by atoms with E-state index in [1.54, 1.807) is 6.92 Å². The molecule has 1 aromatic rings. The van der Waals surface area contributed by atoms with Crippen LogP contribution in [0, 0.1) is 0 Å². The van der Waals surface area contributed by atoms with Crippen molar-refractivity contribution in [2.45, 2.75) is 6.92 Å². The molecule has 0 saturated carbocycles. The van der Waals surface area contributed by atoms with Gasteiger partial charge in [-0.2, -0.15) is 0 Å². The number of hydrogen-bond donors (Lipinski definition) is 1. The van der Waals surface area contributed by atoms with Gasteiger partial charge in [0.2, 0.25) is 0 Å². The fraction of sp³-hybridized carbons (Fsp3) is 0.286. The first kappa shape index (κ1) is 11.6. The number of aromatic nitrogens is 2. The number of nitrogens with zero attached hydrogens (tertiary/aromatic N) is 2. The molecule has 1 heterocycles. The van der Waals surface area contributed by atoms with Crippen LogP contribution in [0.1, 0.15) is 17.4 Å². The standard InChI is InChI=1S/C7H9N3O2.ClH/c1-2-12-7(11)5-3-10-6(8)4-9-5;/h3-4H,2H2,1H3,(H2,8,10);1H. The quantitative estimate of drug-likeness (QED) is 0.715. The van der Waals surface area contributed by atoms with E-state index in [0.29, 0.717) is 6.61 Å². The summed E-state index contributed by atoms with van der Waals surface area (Å²) in [6, 6.07) is 0. The molecule has 0 atom stereocenters. The Morgan fingerprint density at radius 2 is 2.23 bits per heavy atom. The molecule has 0 radical (unpaired) electrons. The van der Waals surface area contributed by atoms with Crippen LogP contribution in [0.5, 0.6) is 0 Å². The molecule has 0 amide bonds. The summed E-state index contributed by atoms with van der Waals surface area (Å²) in [6.45, 7) is 2.05. The second-order valence-electron chi connectivity index (χ2n) is 2.05. The fourth-order valence-corrected chi connectivity index (χ4v) is 0.648. The maximum Gasteiger partial charge on any atom is 0.358 e. The van der Waals surface area contributed by atoms with E-state index in [1.807, 2.05) is 0 Å². The topological polar surface area (TPSA) is 78.1 Å². The van der Waals surface area contributed by atoms with E-state index >= 15 is 0 Å². The summed E-state index contributed by atoms with van der Waals surface area (Å²) in [5, 5.41) is 0. The average Bonchev–Trinajstić information content (AvgIpc) is 2.06. The van der Waals surface area contributed by atoms with Crippen LogP contribution in [0.4, 0.5) is 5.82 Å². The molecule has 0 aliphatic heterocycles. The molecule has 1 aromatic heterocycles. The predicted octanol–water partition coefficient (Wildman–Crippen LogP) is 0.657. The number of halogens is 1. The van der Waals surface area contributed by atoms with E-state index in [2.05, 4.69) is 14.7 Å². The number of hydrogen-bond acceptors (Lipinski definition) is 5. The van der Waals surface area contributed by atoms with E-state index in [0.717, 1.165) is 0 Å². The summed E-state index contributed by atoms with van der Waals surface area (Å²) >= 11 is 0. The Balaban J connectivity index is 0.00000144. The Hall–Kier alpha value is -1.36. The molecule has 0 aliphatic carbocycles. The normalized spacial score (nSPS) is 8.69. The van der Waals surface area contributed by atoms with Crippen LogP contribution in [0.25, 0.3) is 0 Å². The van der Waals surface area contributed by atoms with Crippen LogP contribution in [0.2, 0.25) is 0 Å². The molecule has 0 unspecified atom stereocenters. The first-order valence-corrected chi connectivity index (χ1v) is 3.48. The van der Waals surface area contributed by atoms with Crippen LogP contribution in [0.15, 0.2) is 12.4 Å². The van der Waals surface area contributed by atoms with Crippen molar-refractivity contribution in [3.63, 3.8) is 0 Å². The number of ether oxygens (including phenoxy) is 1. The molecule has 0 aromatic carbocycles. The molecule has 2 N–H and O–H groups in total. The maximum atomic E-state index is 11.0. The molecule has 5 nitrogen and oxygen atoms in total. The third kappa shape index (κ3) is 3.25. The number of nitrogen functional groups attached to an aromatic ring is 1. The number of carbonyl (C=O) groups excluding carboxylic acids is 1. The van der Waals surface area contributed by atoms with Crippen LogP contribution < -0.4 is 5.73 Å². The van der Waals surface area contributed by atoms with Gasteiger partial charge in [-0.25, -0.2) is 14.8 Å². The third-order valence-electron chi connectivity index (χ3n) is 1.16. The molecule has 6 heteroatoms. The molecule has 0 spiro atoms. The van der Waals surface area contributed by atoms with Gasteiger partial charge < -0.3 is 10.5 Å². The zero-order valence-electron chi connectivity index (χ0n) is 7.06. The molecule has 72 valence electrons. The minimum atomic E-state index is -0.481. The lowest BCUT2D eigenvalue weighted by atomic mass is 10.4. The van der Waals surface area contributed by atoms with Gasteiger partial charge in [0.15, 0.2) is 5.69 Å². The van der Waals surface area contributed by atoms with Gasteiger partial charge in [-0.3, -0.25) is 0 Å². The van der Waals surface area contributed by atoms with Crippen molar-refractivity contribution >= 4 is 24.2 Å². The van der Waals surface area contributed by atoms with E-state index in [9.17, 15) is 4.79 Å². The van der Waals surface area contributed by atoms with Gasteiger partial charge in [-0.1, -0.05) is 0 Å². The highest BCUT2D eigenvalue weighted by Crippen LogP contribution is 1.97. The number of nitrogens with two attached hydrogens (primary N) is 1. The molecule has 0 saturated heterocycles. The second-order valence-corrected chi connectivity index (χ2v) is 2.05. The Labute approximate surface area is 81.7 Å².